The maximum Gasteiger partial charge on any atom is 0.339 e. The Balaban J connectivity index is 2.24. The topological polar surface area (TPSA) is 166 Å². The first-order chi connectivity index (χ1) is 16.1. The zero-order valence-corrected chi connectivity index (χ0v) is 20.5. The highest BCUT2D eigenvalue weighted by atomic mass is 35.5. The molecular formula is C23H18Cl2O9S. The van der Waals surface area contributed by atoms with E-state index in [2.05, 4.69) is 0 Å². The molecular weight excluding hydrogens is 523 g/mol. The fourth-order valence-electron chi connectivity index (χ4n) is 3.73. The van der Waals surface area contributed by atoms with Crippen LogP contribution >= 0.6 is 23.2 Å². The van der Waals surface area contributed by atoms with Crippen LogP contribution in [0.5, 0.6) is 5.75 Å². The highest BCUT2D eigenvalue weighted by Gasteiger charge is 2.34. The third-order valence-electron chi connectivity index (χ3n) is 5.63. The van der Waals surface area contributed by atoms with Crippen molar-refractivity contribution in [2.24, 2.45) is 0 Å². The van der Waals surface area contributed by atoms with Crippen LogP contribution in [0, 0.1) is 6.92 Å². The maximum atomic E-state index is 12.2. The number of carboxylic acid groups (broad SMARTS) is 2. The Labute approximate surface area is 209 Å². The number of aromatic carboxylic acids is 1. The van der Waals surface area contributed by atoms with Gasteiger partial charge in [-0.3, -0.25) is 9.35 Å². The van der Waals surface area contributed by atoms with Crippen LogP contribution < -0.4 is 0 Å². The van der Waals surface area contributed by atoms with Crippen molar-refractivity contribution >= 4 is 51.0 Å². The second-order valence-corrected chi connectivity index (χ2v) is 10.0. The first-order valence-corrected chi connectivity index (χ1v) is 12.1. The van der Waals surface area contributed by atoms with E-state index in [-0.39, 0.29) is 44.9 Å². The highest BCUT2D eigenvalue weighted by Crippen LogP contribution is 2.41. The summed E-state index contributed by atoms with van der Waals surface area (Å²) >= 11 is 13.0. The number of allylic oxidation sites excluding steroid dienone is 8. The Morgan fingerprint density at radius 1 is 1.06 bits per heavy atom. The number of ketones is 1. The summed E-state index contributed by atoms with van der Waals surface area (Å²) in [6.07, 6.45) is 3.25. The van der Waals surface area contributed by atoms with Crippen molar-refractivity contribution in [1.82, 2.24) is 0 Å². The van der Waals surface area contributed by atoms with Crippen LogP contribution in [-0.2, 0) is 26.1 Å². The summed E-state index contributed by atoms with van der Waals surface area (Å²) in [5.41, 5.74) is 0.0314. The van der Waals surface area contributed by atoms with Gasteiger partial charge in [-0.05, 0) is 78.0 Å². The first-order valence-electron chi connectivity index (χ1n) is 9.84. The second kappa shape index (κ2) is 9.46. The fourth-order valence-corrected chi connectivity index (χ4v) is 5.32. The molecule has 0 fully saturated rings. The van der Waals surface area contributed by atoms with E-state index in [0.717, 1.165) is 12.2 Å². The van der Waals surface area contributed by atoms with Gasteiger partial charge < -0.3 is 15.3 Å². The summed E-state index contributed by atoms with van der Waals surface area (Å²) in [4.78, 5) is 34.3. The van der Waals surface area contributed by atoms with E-state index in [0.29, 0.717) is 5.56 Å². The molecule has 1 atom stereocenters. The summed E-state index contributed by atoms with van der Waals surface area (Å²) < 4.78 is 33.9. The number of Topliss-reactive ketones (excluding diaryl/α,β-unsaturated/α-hetero) is 1. The van der Waals surface area contributed by atoms with Gasteiger partial charge in [0.05, 0.1) is 10.4 Å². The van der Waals surface area contributed by atoms with Crippen molar-refractivity contribution in [2.75, 3.05) is 0 Å². The molecule has 0 bridgehead atoms. The van der Waals surface area contributed by atoms with Gasteiger partial charge in [-0.25, -0.2) is 9.59 Å². The molecule has 35 heavy (non-hydrogen) atoms. The average molecular weight is 541 g/mol. The van der Waals surface area contributed by atoms with Gasteiger partial charge >= 0.3 is 11.9 Å². The molecule has 12 heteroatoms. The maximum absolute atomic E-state index is 12.2. The van der Waals surface area contributed by atoms with Crippen LogP contribution in [0.4, 0.5) is 0 Å². The zero-order valence-electron chi connectivity index (χ0n) is 18.2. The molecule has 184 valence electrons. The van der Waals surface area contributed by atoms with E-state index >= 15 is 0 Å². The lowest BCUT2D eigenvalue weighted by Gasteiger charge is -2.26. The smallest absolute Gasteiger partial charge is 0.339 e. The molecule has 4 N–H and O–H groups in total. The monoisotopic (exact) mass is 540 g/mol. The number of aromatic hydroxyl groups is 1. The standard InChI is InChI=1S/C23H18Cl2O9S/c1-9-5-12(7-16(20(9)26)23(30)31)14-8-17(35(32,33)34)19(25)15(18(14)24)6-11-3-4-13(22(28)29)21(27)10(11)2/h3-5,7-8,18,27H,6H2,1-2H3,(H,28,29)(H,30,31)(H,32,33,34). The number of carbonyl (C=O) groups excluding carboxylic acids is 1. The van der Waals surface area contributed by atoms with E-state index in [1.165, 1.54) is 32.1 Å². The lowest BCUT2D eigenvalue weighted by molar-refractivity contribution is -0.134. The highest BCUT2D eigenvalue weighted by molar-refractivity contribution is 7.90. The molecule has 0 spiro atoms. The van der Waals surface area contributed by atoms with Crippen LogP contribution in [0.3, 0.4) is 0 Å². The van der Waals surface area contributed by atoms with Crippen molar-refractivity contribution in [3.05, 3.63) is 84.9 Å². The Morgan fingerprint density at radius 2 is 1.69 bits per heavy atom. The van der Waals surface area contributed by atoms with Gasteiger partial charge in [0.1, 0.15) is 21.8 Å². The second-order valence-electron chi connectivity index (χ2n) is 7.84. The molecule has 2 aliphatic carbocycles. The molecule has 1 aromatic rings. The molecule has 3 rings (SSSR count). The number of hydrogen-bond acceptors (Lipinski definition) is 6. The van der Waals surface area contributed by atoms with E-state index in [1.54, 1.807) is 0 Å². The lowest BCUT2D eigenvalue weighted by atomic mass is 9.85. The summed E-state index contributed by atoms with van der Waals surface area (Å²) in [6, 6.07) is 2.57. The minimum Gasteiger partial charge on any atom is -0.507 e. The van der Waals surface area contributed by atoms with Gasteiger partial charge in [-0.1, -0.05) is 17.7 Å². The number of rotatable bonds is 5. The molecule has 0 heterocycles. The number of benzene rings is 1. The Hall–Kier alpha value is -3.18. The molecule has 9 nitrogen and oxygen atoms in total. The summed E-state index contributed by atoms with van der Waals surface area (Å²) in [6.45, 7) is 2.84. The normalized spacial score (nSPS) is 20.9. The molecule has 0 aliphatic heterocycles. The van der Waals surface area contributed by atoms with Crippen molar-refractivity contribution in [3.63, 3.8) is 0 Å². The van der Waals surface area contributed by atoms with Gasteiger partial charge in [0.15, 0.2) is 5.78 Å². The zero-order chi connectivity index (χ0) is 26.4. The number of aliphatic carboxylic acids is 1. The van der Waals surface area contributed by atoms with Gasteiger partial charge in [0.25, 0.3) is 10.1 Å². The van der Waals surface area contributed by atoms with Crippen LogP contribution in [0.15, 0.2) is 68.2 Å². The minimum absolute atomic E-state index is 0.0633. The number of hydrogen-bond donors (Lipinski definition) is 4. The SMILES string of the molecule is CC1=CC(=C2C=C(S(=O)(=O)O)C(Cl)=C(Cc3ccc(C(=O)O)c(O)c3C)C2Cl)C=C(C(=O)O)C1=O. The van der Waals surface area contributed by atoms with E-state index in [1.807, 2.05) is 0 Å². The summed E-state index contributed by atoms with van der Waals surface area (Å²) in [5, 5.41) is 27.3. The molecule has 0 saturated carbocycles. The van der Waals surface area contributed by atoms with E-state index in [4.69, 9.17) is 23.2 Å². The van der Waals surface area contributed by atoms with Crippen LogP contribution in [0.1, 0.15) is 28.4 Å². The van der Waals surface area contributed by atoms with Crippen molar-refractivity contribution in [1.29, 1.82) is 0 Å². The van der Waals surface area contributed by atoms with Crippen molar-refractivity contribution in [2.45, 2.75) is 25.6 Å². The Bertz CT molecular complexity index is 1460. The van der Waals surface area contributed by atoms with Crippen LogP contribution in [-0.4, -0.2) is 51.4 Å². The third kappa shape index (κ3) is 4.96. The molecule has 1 unspecified atom stereocenters. The molecule has 1 aromatic carbocycles. The van der Waals surface area contributed by atoms with E-state index in [9.17, 15) is 42.7 Å². The predicted molar refractivity (Wildman–Crippen MR) is 127 cm³/mol. The van der Waals surface area contributed by atoms with Crippen molar-refractivity contribution < 1.29 is 42.7 Å². The fraction of sp³-hybridized carbons (Fsp3) is 0.174. The number of phenols is 1. The summed E-state index contributed by atoms with van der Waals surface area (Å²) in [7, 11) is -4.86. The van der Waals surface area contributed by atoms with Gasteiger partial charge in [-0.15, -0.1) is 11.6 Å². The van der Waals surface area contributed by atoms with Gasteiger partial charge in [-0.2, -0.15) is 8.42 Å². The lowest BCUT2D eigenvalue weighted by Crippen LogP contribution is -2.22. The number of carboxylic acids is 2. The molecule has 0 aromatic heterocycles. The predicted octanol–water partition coefficient (Wildman–Crippen LogP) is 3.66. The van der Waals surface area contributed by atoms with Crippen molar-refractivity contribution in [3.8, 4) is 5.75 Å². The Morgan fingerprint density at radius 3 is 2.23 bits per heavy atom. The minimum atomic E-state index is -4.86. The third-order valence-corrected chi connectivity index (χ3v) is 7.57. The average Bonchev–Trinajstić information content (AvgIpc) is 2.74. The molecule has 0 radical (unpaired) electrons. The van der Waals surface area contributed by atoms with Gasteiger partial charge in [0.2, 0.25) is 0 Å². The van der Waals surface area contributed by atoms with Gasteiger partial charge in [0, 0.05) is 0 Å². The first kappa shape index (κ1) is 26.4. The van der Waals surface area contributed by atoms with Crippen LogP contribution in [0.25, 0.3) is 0 Å². The molecule has 0 saturated heterocycles. The number of halogens is 2. The number of carbonyl (C=O) groups is 3. The summed E-state index contributed by atoms with van der Waals surface area (Å²) in [5.74, 6) is -4.04. The largest absolute Gasteiger partial charge is 0.507 e. The molecule has 2 aliphatic rings. The number of alkyl halides is 1. The molecule has 0 amide bonds. The Kier molecular flexibility index (Phi) is 7.14. The van der Waals surface area contributed by atoms with E-state index < -0.39 is 49.4 Å². The van der Waals surface area contributed by atoms with Crippen LogP contribution in [0.2, 0.25) is 0 Å². The quantitative estimate of drug-likeness (QED) is 0.247.